The molecule has 0 aliphatic rings. The second kappa shape index (κ2) is 6.51. The molecule has 0 aliphatic heterocycles. The van der Waals surface area contributed by atoms with E-state index in [4.69, 9.17) is 14.4 Å². The summed E-state index contributed by atoms with van der Waals surface area (Å²) in [6, 6.07) is 18.6. The van der Waals surface area contributed by atoms with Crippen LogP contribution in [0.25, 0.3) is 50.3 Å². The third-order valence-corrected chi connectivity index (χ3v) is 5.76. The molecule has 5 nitrogen and oxygen atoms in total. The lowest BCUT2D eigenvalue weighted by molar-refractivity contribution is 0.653. The molecule has 0 spiro atoms. The van der Waals surface area contributed by atoms with Crippen molar-refractivity contribution in [2.45, 2.75) is 20.8 Å². The SMILES string of the molecule is Cc1cc(C)c(-n2c(-c3cnc4c(c3)oc3ncccc34)nc3ccccc32)c(C)c1. The van der Waals surface area contributed by atoms with Crippen LogP contribution in [0.1, 0.15) is 16.7 Å². The van der Waals surface area contributed by atoms with E-state index < -0.39 is 0 Å². The van der Waals surface area contributed by atoms with Crippen molar-refractivity contribution < 1.29 is 4.42 Å². The van der Waals surface area contributed by atoms with Crippen molar-refractivity contribution in [1.82, 2.24) is 19.5 Å². The molecule has 150 valence electrons. The molecule has 0 bridgehead atoms. The number of pyridine rings is 2. The molecule has 0 amide bonds. The van der Waals surface area contributed by atoms with Crippen LogP contribution in [0.4, 0.5) is 0 Å². The lowest BCUT2D eigenvalue weighted by Gasteiger charge is -2.16. The quantitative estimate of drug-likeness (QED) is 0.339. The maximum absolute atomic E-state index is 5.99. The molecular weight excluding hydrogens is 384 g/mol. The molecule has 0 fully saturated rings. The summed E-state index contributed by atoms with van der Waals surface area (Å²) < 4.78 is 8.23. The standard InChI is InChI=1S/C26H20N4O/c1-15-11-16(2)24(17(3)12-15)30-21-9-5-4-8-20(21)29-25(30)18-13-22-23(28-14-18)19-7-6-10-27-26(19)31-22/h4-14H,1-3H3. The predicted molar refractivity (Wildman–Crippen MR) is 124 cm³/mol. The summed E-state index contributed by atoms with van der Waals surface area (Å²) in [6.45, 7) is 6.44. The number of aromatic nitrogens is 4. The fourth-order valence-corrected chi connectivity index (χ4v) is 4.57. The summed E-state index contributed by atoms with van der Waals surface area (Å²) in [5.41, 5.74) is 9.88. The number of rotatable bonds is 2. The molecule has 0 unspecified atom stereocenters. The van der Waals surface area contributed by atoms with E-state index in [9.17, 15) is 0 Å². The van der Waals surface area contributed by atoms with E-state index in [-0.39, 0.29) is 0 Å². The van der Waals surface area contributed by atoms with Gasteiger partial charge in [0.15, 0.2) is 5.58 Å². The van der Waals surface area contributed by atoms with Crippen LogP contribution in [0.5, 0.6) is 0 Å². The van der Waals surface area contributed by atoms with Gasteiger partial charge in [-0.15, -0.1) is 0 Å². The molecule has 0 saturated carbocycles. The molecule has 6 aromatic rings. The Kier molecular flexibility index (Phi) is 3.74. The molecule has 0 saturated heterocycles. The fraction of sp³-hybridized carbons (Fsp3) is 0.115. The lowest BCUT2D eigenvalue weighted by Crippen LogP contribution is -2.03. The molecular formula is C26H20N4O. The number of para-hydroxylation sites is 2. The number of fused-ring (bicyclic) bond motifs is 4. The second-order valence-corrected chi connectivity index (χ2v) is 8.04. The minimum atomic E-state index is 0.598. The average Bonchev–Trinajstić information content (AvgIpc) is 3.31. The summed E-state index contributed by atoms with van der Waals surface area (Å²) >= 11 is 0. The molecule has 4 heterocycles. The molecule has 4 aromatic heterocycles. The third kappa shape index (κ3) is 2.66. The van der Waals surface area contributed by atoms with Crippen LogP contribution in [0, 0.1) is 20.8 Å². The third-order valence-electron chi connectivity index (χ3n) is 5.76. The molecule has 0 atom stereocenters. The average molecular weight is 404 g/mol. The van der Waals surface area contributed by atoms with Gasteiger partial charge in [0.1, 0.15) is 11.3 Å². The van der Waals surface area contributed by atoms with Crippen LogP contribution >= 0.6 is 0 Å². The van der Waals surface area contributed by atoms with E-state index >= 15 is 0 Å². The summed E-state index contributed by atoms with van der Waals surface area (Å²) in [7, 11) is 0. The van der Waals surface area contributed by atoms with Gasteiger partial charge in [-0.1, -0.05) is 29.8 Å². The van der Waals surface area contributed by atoms with Gasteiger partial charge in [0.25, 0.3) is 0 Å². The van der Waals surface area contributed by atoms with E-state index in [0.29, 0.717) is 11.3 Å². The predicted octanol–water partition coefficient (Wildman–Crippen LogP) is 6.31. The summed E-state index contributed by atoms with van der Waals surface area (Å²) in [5.74, 6) is 0.846. The van der Waals surface area contributed by atoms with Crippen molar-refractivity contribution in [2.24, 2.45) is 0 Å². The lowest BCUT2D eigenvalue weighted by atomic mass is 10.0. The zero-order valence-corrected chi connectivity index (χ0v) is 17.5. The molecule has 0 radical (unpaired) electrons. The topological polar surface area (TPSA) is 56.7 Å². The van der Waals surface area contributed by atoms with Crippen molar-refractivity contribution in [3.63, 3.8) is 0 Å². The van der Waals surface area contributed by atoms with Gasteiger partial charge in [0.2, 0.25) is 5.71 Å². The molecule has 6 rings (SSSR count). The number of benzene rings is 2. The van der Waals surface area contributed by atoms with E-state index in [1.807, 2.05) is 36.5 Å². The van der Waals surface area contributed by atoms with Gasteiger partial charge in [0, 0.05) is 18.0 Å². The van der Waals surface area contributed by atoms with Crippen LogP contribution in [0.2, 0.25) is 0 Å². The molecule has 5 heteroatoms. The highest BCUT2D eigenvalue weighted by Crippen LogP contribution is 2.34. The van der Waals surface area contributed by atoms with Crippen LogP contribution < -0.4 is 0 Å². The zero-order chi connectivity index (χ0) is 21.1. The Labute approximate surface area is 179 Å². The first-order chi connectivity index (χ1) is 15.1. The van der Waals surface area contributed by atoms with Crippen LogP contribution in [-0.4, -0.2) is 19.5 Å². The largest absolute Gasteiger partial charge is 0.436 e. The Bertz CT molecular complexity index is 1600. The highest BCUT2D eigenvalue weighted by Gasteiger charge is 2.19. The van der Waals surface area contributed by atoms with Crippen molar-refractivity contribution in [3.8, 4) is 17.1 Å². The van der Waals surface area contributed by atoms with E-state index in [1.165, 1.54) is 16.7 Å². The summed E-state index contributed by atoms with van der Waals surface area (Å²) in [4.78, 5) is 14.0. The van der Waals surface area contributed by atoms with E-state index in [0.717, 1.165) is 39.0 Å². The Morgan fingerprint density at radius 2 is 1.68 bits per heavy atom. The smallest absolute Gasteiger partial charge is 0.228 e. The number of hydrogen-bond donors (Lipinski definition) is 0. The van der Waals surface area contributed by atoms with Gasteiger partial charge in [-0.05, 0) is 62.2 Å². The molecule has 2 aromatic carbocycles. The maximum atomic E-state index is 5.99. The summed E-state index contributed by atoms with van der Waals surface area (Å²) in [6.07, 6.45) is 3.61. The number of aryl methyl sites for hydroxylation is 3. The maximum Gasteiger partial charge on any atom is 0.228 e. The van der Waals surface area contributed by atoms with Gasteiger partial charge in [-0.2, -0.15) is 0 Å². The van der Waals surface area contributed by atoms with Gasteiger partial charge >= 0.3 is 0 Å². The minimum absolute atomic E-state index is 0.598. The molecule has 0 aliphatic carbocycles. The Hall–Kier alpha value is -3.99. The monoisotopic (exact) mass is 404 g/mol. The highest BCUT2D eigenvalue weighted by atomic mass is 16.3. The van der Waals surface area contributed by atoms with Crippen molar-refractivity contribution in [2.75, 3.05) is 0 Å². The van der Waals surface area contributed by atoms with Crippen LogP contribution in [0.3, 0.4) is 0 Å². The van der Waals surface area contributed by atoms with Crippen molar-refractivity contribution in [3.05, 3.63) is 83.7 Å². The number of imidazole rings is 1. The fourth-order valence-electron chi connectivity index (χ4n) is 4.57. The van der Waals surface area contributed by atoms with Gasteiger partial charge < -0.3 is 4.42 Å². The van der Waals surface area contributed by atoms with Gasteiger partial charge in [0.05, 0.1) is 22.1 Å². The minimum Gasteiger partial charge on any atom is -0.436 e. The Balaban J connectivity index is 1.67. The number of furan rings is 1. The highest BCUT2D eigenvalue weighted by molar-refractivity contribution is 6.01. The second-order valence-electron chi connectivity index (χ2n) is 8.04. The summed E-state index contributed by atoms with van der Waals surface area (Å²) in [5, 5.41) is 0.919. The zero-order valence-electron chi connectivity index (χ0n) is 17.5. The first-order valence-corrected chi connectivity index (χ1v) is 10.3. The first-order valence-electron chi connectivity index (χ1n) is 10.3. The Morgan fingerprint density at radius 3 is 2.52 bits per heavy atom. The van der Waals surface area contributed by atoms with Gasteiger partial charge in [-0.3, -0.25) is 9.55 Å². The Morgan fingerprint density at radius 1 is 0.871 bits per heavy atom. The first kappa shape index (κ1) is 17.8. The van der Waals surface area contributed by atoms with Crippen LogP contribution in [0.15, 0.2) is 71.4 Å². The van der Waals surface area contributed by atoms with Crippen molar-refractivity contribution >= 4 is 33.2 Å². The molecule has 0 N–H and O–H groups in total. The van der Waals surface area contributed by atoms with Crippen LogP contribution in [-0.2, 0) is 0 Å². The number of hydrogen-bond acceptors (Lipinski definition) is 4. The molecule has 31 heavy (non-hydrogen) atoms. The van der Waals surface area contributed by atoms with Gasteiger partial charge in [-0.25, -0.2) is 9.97 Å². The van der Waals surface area contributed by atoms with E-state index in [2.05, 4.69) is 54.6 Å². The number of nitrogens with zero attached hydrogens (tertiary/aromatic N) is 4. The normalized spacial score (nSPS) is 11.7. The van der Waals surface area contributed by atoms with E-state index in [1.54, 1.807) is 6.20 Å². The van der Waals surface area contributed by atoms with Crippen molar-refractivity contribution in [1.29, 1.82) is 0 Å².